The fraction of sp³-hybridized carbons (Fsp3) is 0.154. The minimum Gasteiger partial charge on any atom is -0.508 e. The third-order valence-electron chi connectivity index (χ3n) is 2.37. The van der Waals surface area contributed by atoms with Gasteiger partial charge in [0.1, 0.15) is 5.75 Å². The predicted molar refractivity (Wildman–Crippen MR) is 61.8 cm³/mol. The highest BCUT2D eigenvalue weighted by Gasteiger charge is 2.26. The molecule has 1 unspecified atom stereocenters. The van der Waals surface area contributed by atoms with E-state index in [-0.39, 0.29) is 11.3 Å². The van der Waals surface area contributed by atoms with E-state index in [9.17, 15) is 14.4 Å². The Bertz CT molecular complexity index is 471. The van der Waals surface area contributed by atoms with Crippen LogP contribution in [0.15, 0.2) is 36.9 Å². The van der Waals surface area contributed by atoms with Crippen molar-refractivity contribution in [2.24, 2.45) is 5.92 Å². The summed E-state index contributed by atoms with van der Waals surface area (Å²) in [5.41, 5.74) is 0.278. The van der Waals surface area contributed by atoms with Gasteiger partial charge in [0.25, 0.3) is 0 Å². The molecule has 4 nitrogen and oxygen atoms in total. The number of carbonyl (C=O) groups excluding carboxylic acids is 3. The van der Waals surface area contributed by atoms with E-state index in [0.29, 0.717) is 0 Å². The van der Waals surface area contributed by atoms with Crippen LogP contribution in [0, 0.1) is 5.92 Å². The van der Waals surface area contributed by atoms with Crippen LogP contribution in [0.25, 0.3) is 0 Å². The van der Waals surface area contributed by atoms with Crippen LogP contribution in [0.1, 0.15) is 17.3 Å². The number of allylic oxidation sites excluding steroid dienone is 1. The Morgan fingerprint density at radius 2 is 1.76 bits per heavy atom. The summed E-state index contributed by atoms with van der Waals surface area (Å²) in [5.74, 6) is -3.01. The molecule has 0 bridgehead atoms. The van der Waals surface area contributed by atoms with Gasteiger partial charge in [0.15, 0.2) is 5.78 Å². The number of rotatable bonds is 5. The lowest BCUT2D eigenvalue weighted by Gasteiger charge is -2.07. The number of phenolic OH excluding ortho intramolecular Hbond substituents is 1. The van der Waals surface area contributed by atoms with E-state index in [1.165, 1.54) is 31.2 Å². The number of benzene rings is 1. The summed E-state index contributed by atoms with van der Waals surface area (Å²) in [6, 6.07) is 5.50. The van der Waals surface area contributed by atoms with Crippen molar-refractivity contribution in [2.45, 2.75) is 6.92 Å². The van der Waals surface area contributed by atoms with Gasteiger partial charge in [-0.05, 0) is 37.3 Å². The van der Waals surface area contributed by atoms with Crippen LogP contribution in [0.5, 0.6) is 5.75 Å². The van der Waals surface area contributed by atoms with Gasteiger partial charge < -0.3 is 5.11 Å². The van der Waals surface area contributed by atoms with Gasteiger partial charge >= 0.3 is 0 Å². The second-order valence-corrected chi connectivity index (χ2v) is 3.57. The van der Waals surface area contributed by atoms with E-state index < -0.39 is 23.3 Å². The van der Waals surface area contributed by atoms with E-state index in [4.69, 9.17) is 5.11 Å². The van der Waals surface area contributed by atoms with Gasteiger partial charge in [0.05, 0.1) is 5.92 Å². The lowest BCUT2D eigenvalue weighted by Crippen LogP contribution is -2.26. The Labute approximate surface area is 98.6 Å². The van der Waals surface area contributed by atoms with Crippen LogP contribution in [0.3, 0.4) is 0 Å². The summed E-state index contributed by atoms with van der Waals surface area (Å²) in [4.78, 5) is 34.4. The molecule has 0 radical (unpaired) electrons. The average molecular weight is 232 g/mol. The molecule has 0 saturated heterocycles. The summed E-state index contributed by atoms with van der Waals surface area (Å²) >= 11 is 0. The highest BCUT2D eigenvalue weighted by molar-refractivity contribution is 6.45. The average Bonchev–Trinajstić information content (AvgIpc) is 2.36. The molecule has 0 aliphatic rings. The van der Waals surface area contributed by atoms with Crippen LogP contribution in [-0.2, 0) is 9.59 Å². The quantitative estimate of drug-likeness (QED) is 0.362. The number of phenols is 1. The van der Waals surface area contributed by atoms with Crippen molar-refractivity contribution in [1.82, 2.24) is 0 Å². The summed E-state index contributed by atoms with van der Waals surface area (Å²) in [6.07, 6.45) is 0.892. The largest absolute Gasteiger partial charge is 0.508 e. The number of hydrogen-bond acceptors (Lipinski definition) is 4. The van der Waals surface area contributed by atoms with Gasteiger partial charge in [-0.15, -0.1) is 0 Å². The number of carbonyl (C=O) groups is 3. The molecule has 1 atom stereocenters. The molecule has 4 heteroatoms. The first-order valence-electron chi connectivity index (χ1n) is 5.01. The van der Waals surface area contributed by atoms with Gasteiger partial charge in [-0.2, -0.15) is 0 Å². The normalized spacial score (nSPS) is 11.6. The topological polar surface area (TPSA) is 71.4 Å². The first-order valence-corrected chi connectivity index (χ1v) is 5.01. The monoisotopic (exact) mass is 232 g/mol. The minimum absolute atomic E-state index is 0.0303. The predicted octanol–water partition coefficient (Wildman–Crippen LogP) is 1.54. The fourth-order valence-corrected chi connectivity index (χ4v) is 1.31. The highest BCUT2D eigenvalue weighted by atomic mass is 16.3. The zero-order chi connectivity index (χ0) is 13.0. The molecule has 88 valence electrons. The Morgan fingerprint density at radius 1 is 1.24 bits per heavy atom. The van der Waals surface area contributed by atoms with Crippen molar-refractivity contribution in [1.29, 1.82) is 0 Å². The molecule has 0 spiro atoms. The van der Waals surface area contributed by atoms with Crippen LogP contribution in [-0.4, -0.2) is 22.5 Å². The van der Waals surface area contributed by atoms with E-state index in [0.717, 1.165) is 6.08 Å². The second-order valence-electron chi connectivity index (χ2n) is 3.57. The van der Waals surface area contributed by atoms with Crippen LogP contribution < -0.4 is 0 Å². The molecule has 0 saturated carbocycles. The molecule has 0 aliphatic carbocycles. The first-order chi connectivity index (χ1) is 7.97. The lowest BCUT2D eigenvalue weighted by molar-refractivity contribution is -0.135. The summed E-state index contributed by atoms with van der Waals surface area (Å²) in [6.45, 7) is 4.57. The van der Waals surface area contributed by atoms with Gasteiger partial charge in [-0.25, -0.2) is 0 Å². The van der Waals surface area contributed by atoms with Crippen molar-refractivity contribution in [3.63, 3.8) is 0 Å². The standard InChI is InChI=1S/C13H12O4/c1-3-11(15)13(17)8(2)12(16)9-4-6-10(14)7-5-9/h3-8,14H,1H2,2H3. The van der Waals surface area contributed by atoms with Gasteiger partial charge in [0.2, 0.25) is 11.6 Å². The van der Waals surface area contributed by atoms with Crippen LogP contribution >= 0.6 is 0 Å². The van der Waals surface area contributed by atoms with E-state index in [2.05, 4.69) is 6.58 Å². The fourth-order valence-electron chi connectivity index (χ4n) is 1.31. The van der Waals surface area contributed by atoms with Crippen LogP contribution in [0.2, 0.25) is 0 Å². The maximum Gasteiger partial charge on any atom is 0.221 e. The summed E-state index contributed by atoms with van der Waals surface area (Å²) in [5, 5.41) is 9.07. The van der Waals surface area contributed by atoms with Crippen molar-refractivity contribution in [2.75, 3.05) is 0 Å². The smallest absolute Gasteiger partial charge is 0.221 e. The Balaban J connectivity index is 2.90. The van der Waals surface area contributed by atoms with Crippen molar-refractivity contribution >= 4 is 17.3 Å². The van der Waals surface area contributed by atoms with Crippen molar-refractivity contribution in [3.8, 4) is 5.75 Å². The van der Waals surface area contributed by atoms with Crippen LogP contribution in [0.4, 0.5) is 0 Å². The molecule has 0 amide bonds. The zero-order valence-corrected chi connectivity index (χ0v) is 9.34. The molecule has 0 aromatic heterocycles. The van der Waals surface area contributed by atoms with Crippen molar-refractivity contribution < 1.29 is 19.5 Å². The first kappa shape index (κ1) is 12.8. The molecule has 0 fully saturated rings. The van der Waals surface area contributed by atoms with Gasteiger partial charge in [0, 0.05) is 5.56 Å². The van der Waals surface area contributed by atoms with Crippen molar-refractivity contribution in [3.05, 3.63) is 42.5 Å². The van der Waals surface area contributed by atoms with Gasteiger partial charge in [-0.3, -0.25) is 14.4 Å². The van der Waals surface area contributed by atoms with E-state index >= 15 is 0 Å². The number of Topliss-reactive ketones (excluding diaryl/α,β-unsaturated/α-hetero) is 2. The Morgan fingerprint density at radius 3 is 2.24 bits per heavy atom. The second kappa shape index (κ2) is 5.21. The SMILES string of the molecule is C=CC(=O)C(=O)C(C)C(=O)c1ccc(O)cc1. The van der Waals surface area contributed by atoms with E-state index in [1.54, 1.807) is 0 Å². The molecule has 0 heterocycles. The number of aromatic hydroxyl groups is 1. The maximum atomic E-state index is 11.8. The molecule has 17 heavy (non-hydrogen) atoms. The molecular weight excluding hydrogens is 220 g/mol. The third-order valence-corrected chi connectivity index (χ3v) is 2.37. The van der Waals surface area contributed by atoms with Gasteiger partial charge in [-0.1, -0.05) is 6.58 Å². The number of ketones is 3. The van der Waals surface area contributed by atoms with E-state index in [1.807, 2.05) is 0 Å². The molecule has 0 aliphatic heterocycles. The molecular formula is C13H12O4. The molecule has 1 N–H and O–H groups in total. The zero-order valence-electron chi connectivity index (χ0n) is 9.34. The maximum absolute atomic E-state index is 11.8. The summed E-state index contributed by atoms with van der Waals surface area (Å²) < 4.78 is 0. The third kappa shape index (κ3) is 2.87. The molecule has 1 rings (SSSR count). The lowest BCUT2D eigenvalue weighted by atomic mass is 9.93. The summed E-state index contributed by atoms with van der Waals surface area (Å²) in [7, 11) is 0. The molecule has 1 aromatic rings. The highest BCUT2D eigenvalue weighted by Crippen LogP contribution is 2.14. The molecule has 1 aromatic carbocycles. The Hall–Kier alpha value is -2.23. The minimum atomic E-state index is -1.04. The number of hydrogen-bond donors (Lipinski definition) is 1. The Kier molecular flexibility index (Phi) is 3.93.